The van der Waals surface area contributed by atoms with Gasteiger partial charge in [0.15, 0.2) is 0 Å². The van der Waals surface area contributed by atoms with Gasteiger partial charge in [0.2, 0.25) is 0 Å². The minimum absolute atomic E-state index is 0.0469. The van der Waals surface area contributed by atoms with E-state index in [1.54, 1.807) is 0 Å². The molecular weight excluding hydrogens is 212 g/mol. The molecule has 15 heavy (non-hydrogen) atoms. The highest BCUT2D eigenvalue weighted by molar-refractivity contribution is 6.18. The third-order valence-corrected chi connectivity index (χ3v) is 2.91. The van der Waals surface area contributed by atoms with Crippen molar-refractivity contribution in [2.75, 3.05) is 19.1 Å². The van der Waals surface area contributed by atoms with Crippen LogP contribution in [0.5, 0.6) is 0 Å². The molecule has 0 aliphatic rings. The summed E-state index contributed by atoms with van der Waals surface area (Å²) in [6.45, 7) is 2.99. The molecule has 0 bridgehead atoms. The number of aliphatic hydroxyl groups is 1. The van der Waals surface area contributed by atoms with E-state index in [1.807, 2.05) is 37.3 Å². The van der Waals surface area contributed by atoms with Crippen LogP contribution in [0, 0.1) is 5.41 Å². The van der Waals surface area contributed by atoms with Crippen LogP contribution in [0.2, 0.25) is 0 Å². The van der Waals surface area contributed by atoms with Gasteiger partial charge in [-0.1, -0.05) is 37.3 Å². The molecule has 2 nitrogen and oxygen atoms in total. The molecule has 0 aliphatic heterocycles. The summed E-state index contributed by atoms with van der Waals surface area (Å²) in [7, 11) is 0. The number of ether oxygens (including phenoxy) is 1. The minimum Gasteiger partial charge on any atom is -0.396 e. The molecule has 0 aliphatic carbocycles. The molecule has 1 aromatic rings. The molecule has 0 heterocycles. The zero-order chi connectivity index (χ0) is 11.1. The van der Waals surface area contributed by atoms with Crippen molar-refractivity contribution in [1.29, 1.82) is 0 Å². The van der Waals surface area contributed by atoms with Crippen molar-refractivity contribution in [1.82, 2.24) is 0 Å². The molecule has 1 atom stereocenters. The molecule has 0 spiro atoms. The van der Waals surface area contributed by atoms with Gasteiger partial charge in [-0.2, -0.15) is 0 Å². The van der Waals surface area contributed by atoms with Crippen LogP contribution in [0.4, 0.5) is 0 Å². The Balaban J connectivity index is 2.33. The summed E-state index contributed by atoms with van der Waals surface area (Å²) in [5, 5.41) is 9.12. The Kier molecular flexibility index (Phi) is 5.09. The number of aliphatic hydroxyl groups excluding tert-OH is 1. The normalized spacial score (nSPS) is 14.9. The molecule has 0 saturated heterocycles. The van der Waals surface area contributed by atoms with Crippen LogP contribution in [0.15, 0.2) is 30.3 Å². The number of hydrogen-bond donors (Lipinski definition) is 1. The molecule has 1 N–H and O–H groups in total. The predicted molar refractivity (Wildman–Crippen MR) is 62.0 cm³/mol. The van der Waals surface area contributed by atoms with E-state index in [0.717, 1.165) is 5.56 Å². The highest BCUT2D eigenvalue weighted by Gasteiger charge is 2.22. The van der Waals surface area contributed by atoms with Gasteiger partial charge < -0.3 is 9.84 Å². The molecular formula is C12H17ClO2. The van der Waals surface area contributed by atoms with Crippen LogP contribution < -0.4 is 0 Å². The maximum atomic E-state index is 9.12. The van der Waals surface area contributed by atoms with Crippen LogP contribution in [-0.2, 0) is 11.3 Å². The van der Waals surface area contributed by atoms with E-state index in [0.29, 0.717) is 19.1 Å². The summed E-state index contributed by atoms with van der Waals surface area (Å²) >= 11 is 5.75. The number of alkyl halides is 1. The summed E-state index contributed by atoms with van der Waals surface area (Å²) < 4.78 is 5.52. The van der Waals surface area contributed by atoms with Crippen molar-refractivity contribution in [3.05, 3.63) is 35.9 Å². The number of halogens is 1. The highest BCUT2D eigenvalue weighted by atomic mass is 35.5. The summed E-state index contributed by atoms with van der Waals surface area (Å²) in [5.74, 6) is 0.401. The lowest BCUT2D eigenvalue weighted by molar-refractivity contribution is 0.0217. The lowest BCUT2D eigenvalue weighted by Gasteiger charge is -2.23. The maximum Gasteiger partial charge on any atom is 0.0717 e. The average Bonchev–Trinajstić information content (AvgIpc) is 2.30. The molecule has 1 unspecified atom stereocenters. The monoisotopic (exact) mass is 228 g/mol. The van der Waals surface area contributed by atoms with Gasteiger partial charge >= 0.3 is 0 Å². The Bertz CT molecular complexity index is 270. The van der Waals surface area contributed by atoms with Gasteiger partial charge in [0.05, 0.1) is 19.8 Å². The Morgan fingerprint density at radius 1 is 1.33 bits per heavy atom. The largest absolute Gasteiger partial charge is 0.396 e. The molecule has 1 aromatic carbocycles. The Morgan fingerprint density at radius 3 is 2.53 bits per heavy atom. The Hall–Kier alpha value is -0.570. The van der Waals surface area contributed by atoms with E-state index < -0.39 is 0 Å². The lowest BCUT2D eigenvalue weighted by Crippen LogP contribution is -2.29. The molecule has 1 rings (SSSR count). The van der Waals surface area contributed by atoms with Crippen molar-refractivity contribution >= 4 is 11.6 Å². The number of hydrogen-bond acceptors (Lipinski definition) is 2. The Labute approximate surface area is 95.8 Å². The van der Waals surface area contributed by atoms with E-state index in [9.17, 15) is 0 Å². The first-order valence-corrected chi connectivity index (χ1v) is 5.52. The van der Waals surface area contributed by atoms with Crippen molar-refractivity contribution in [3.8, 4) is 0 Å². The van der Waals surface area contributed by atoms with E-state index in [4.69, 9.17) is 21.4 Å². The molecule has 3 heteroatoms. The average molecular weight is 229 g/mol. The van der Waals surface area contributed by atoms with Crippen LogP contribution in [0.3, 0.4) is 0 Å². The predicted octanol–water partition coefficient (Wildman–Crippen LogP) is 2.44. The summed E-state index contributed by atoms with van der Waals surface area (Å²) in [4.78, 5) is 0. The van der Waals surface area contributed by atoms with Gasteiger partial charge in [-0.05, 0) is 5.56 Å². The van der Waals surface area contributed by atoms with Crippen LogP contribution >= 0.6 is 11.6 Å². The van der Waals surface area contributed by atoms with Gasteiger partial charge in [0.1, 0.15) is 0 Å². The third-order valence-electron chi connectivity index (χ3n) is 2.27. The fraction of sp³-hybridized carbons (Fsp3) is 0.500. The van der Waals surface area contributed by atoms with Gasteiger partial charge in [-0.15, -0.1) is 11.6 Å². The van der Waals surface area contributed by atoms with Crippen LogP contribution in [0.1, 0.15) is 12.5 Å². The second-order valence-electron chi connectivity index (χ2n) is 4.08. The van der Waals surface area contributed by atoms with Crippen LogP contribution in [0.25, 0.3) is 0 Å². The molecule has 0 fully saturated rings. The Morgan fingerprint density at radius 2 is 2.00 bits per heavy atom. The van der Waals surface area contributed by atoms with E-state index in [1.165, 1.54) is 0 Å². The summed E-state index contributed by atoms with van der Waals surface area (Å²) in [6, 6.07) is 9.95. The molecule has 84 valence electrons. The zero-order valence-electron chi connectivity index (χ0n) is 8.95. The third kappa shape index (κ3) is 4.20. The molecule has 0 saturated carbocycles. The second kappa shape index (κ2) is 6.11. The molecule has 0 aromatic heterocycles. The van der Waals surface area contributed by atoms with Crippen molar-refractivity contribution in [3.63, 3.8) is 0 Å². The van der Waals surface area contributed by atoms with Crippen molar-refractivity contribution in [2.45, 2.75) is 13.5 Å². The molecule has 0 amide bonds. The maximum absolute atomic E-state index is 9.12. The quantitative estimate of drug-likeness (QED) is 0.758. The van der Waals surface area contributed by atoms with E-state index in [2.05, 4.69) is 0 Å². The van der Waals surface area contributed by atoms with Gasteiger partial charge in [-0.25, -0.2) is 0 Å². The standard InChI is InChI=1S/C12H17ClO2/c1-12(8-13,9-14)10-15-7-11-5-3-2-4-6-11/h2-6,14H,7-10H2,1H3. The van der Waals surface area contributed by atoms with Gasteiger partial charge in [0, 0.05) is 11.3 Å². The number of benzene rings is 1. The van der Waals surface area contributed by atoms with Gasteiger partial charge in [0.25, 0.3) is 0 Å². The van der Waals surface area contributed by atoms with Crippen molar-refractivity contribution in [2.24, 2.45) is 5.41 Å². The first-order valence-electron chi connectivity index (χ1n) is 4.99. The first kappa shape index (κ1) is 12.5. The van der Waals surface area contributed by atoms with Crippen LogP contribution in [-0.4, -0.2) is 24.2 Å². The number of rotatable bonds is 6. The smallest absolute Gasteiger partial charge is 0.0717 e. The van der Waals surface area contributed by atoms with Crippen molar-refractivity contribution < 1.29 is 9.84 Å². The fourth-order valence-corrected chi connectivity index (χ4v) is 1.28. The fourth-order valence-electron chi connectivity index (χ4n) is 1.12. The summed E-state index contributed by atoms with van der Waals surface area (Å²) in [5.41, 5.74) is 0.795. The lowest BCUT2D eigenvalue weighted by atomic mass is 9.96. The summed E-state index contributed by atoms with van der Waals surface area (Å²) in [6.07, 6.45) is 0. The molecule has 0 radical (unpaired) electrons. The first-order chi connectivity index (χ1) is 7.20. The SMILES string of the molecule is CC(CO)(CCl)COCc1ccccc1. The van der Waals surface area contributed by atoms with E-state index >= 15 is 0 Å². The zero-order valence-corrected chi connectivity index (χ0v) is 9.70. The van der Waals surface area contributed by atoms with E-state index in [-0.39, 0.29) is 12.0 Å². The van der Waals surface area contributed by atoms with Gasteiger partial charge in [-0.3, -0.25) is 0 Å². The second-order valence-corrected chi connectivity index (χ2v) is 4.35. The topological polar surface area (TPSA) is 29.5 Å². The minimum atomic E-state index is -0.337. The highest BCUT2D eigenvalue weighted by Crippen LogP contribution is 2.18.